The fourth-order valence-electron chi connectivity index (χ4n) is 0.883. The summed E-state index contributed by atoms with van der Waals surface area (Å²) < 4.78 is 17.1. The van der Waals surface area contributed by atoms with E-state index in [0.717, 1.165) is 5.56 Å². The molecule has 1 atom stereocenters. The summed E-state index contributed by atoms with van der Waals surface area (Å²) in [6.07, 6.45) is 0.106. The van der Waals surface area contributed by atoms with Crippen molar-refractivity contribution >= 4 is 0 Å². The van der Waals surface area contributed by atoms with Gasteiger partial charge in [-0.25, -0.2) is 14.9 Å². The molecular formula is C8H11FN2O2. The van der Waals surface area contributed by atoms with Gasteiger partial charge in [-0.2, -0.15) is 0 Å². The smallest absolute Gasteiger partial charge is 0.237 e. The summed E-state index contributed by atoms with van der Waals surface area (Å²) >= 11 is 0. The lowest BCUT2D eigenvalue weighted by atomic mass is 10.3. The summed E-state index contributed by atoms with van der Waals surface area (Å²) in [5.41, 5.74) is 2.76. The molecule has 0 spiro atoms. The van der Waals surface area contributed by atoms with Crippen molar-refractivity contribution in [2.45, 2.75) is 19.8 Å². The van der Waals surface area contributed by atoms with Crippen LogP contribution in [0, 0.1) is 0 Å². The summed E-state index contributed by atoms with van der Waals surface area (Å²) in [5, 5.41) is 8.41. The van der Waals surface area contributed by atoms with Gasteiger partial charge in [0.1, 0.15) is 0 Å². The highest BCUT2D eigenvalue weighted by molar-refractivity contribution is 5.20. The van der Waals surface area contributed by atoms with E-state index >= 15 is 0 Å². The molecule has 0 fully saturated rings. The number of nitrogens with one attached hydrogen (secondary N) is 1. The molecule has 0 aliphatic heterocycles. The van der Waals surface area contributed by atoms with Crippen molar-refractivity contribution in [1.29, 1.82) is 0 Å². The summed E-state index contributed by atoms with van der Waals surface area (Å²) in [4.78, 5) is 3.79. The number of ether oxygens (including phenoxy) is 1. The van der Waals surface area contributed by atoms with Crippen LogP contribution in [0.25, 0.3) is 0 Å². The lowest BCUT2D eigenvalue weighted by molar-refractivity contribution is 0.0808. The SMILES string of the molecule is CC(F)Oc1cc(CNO)ccn1. The average Bonchev–Trinajstić information content (AvgIpc) is 2.04. The molecule has 0 radical (unpaired) electrons. The first-order valence-corrected chi connectivity index (χ1v) is 3.85. The summed E-state index contributed by atoms with van der Waals surface area (Å²) in [6, 6.07) is 3.25. The van der Waals surface area contributed by atoms with Crippen LogP contribution in [0.15, 0.2) is 18.3 Å². The third-order valence-electron chi connectivity index (χ3n) is 1.37. The molecule has 1 aromatic heterocycles. The van der Waals surface area contributed by atoms with Gasteiger partial charge in [-0.15, -0.1) is 0 Å². The molecule has 0 aromatic carbocycles. The Labute approximate surface area is 75.3 Å². The molecule has 72 valence electrons. The molecule has 0 bridgehead atoms. The predicted octanol–water partition coefficient (Wildman–Crippen LogP) is 1.25. The Bertz CT molecular complexity index is 268. The summed E-state index contributed by atoms with van der Waals surface area (Å²) in [6.45, 7) is 1.55. The number of pyridine rings is 1. The highest BCUT2D eigenvalue weighted by Crippen LogP contribution is 2.11. The largest absolute Gasteiger partial charge is 0.444 e. The van der Waals surface area contributed by atoms with Gasteiger partial charge in [-0.1, -0.05) is 0 Å². The van der Waals surface area contributed by atoms with E-state index in [1.165, 1.54) is 13.1 Å². The predicted molar refractivity (Wildman–Crippen MR) is 44.1 cm³/mol. The van der Waals surface area contributed by atoms with Gasteiger partial charge in [-0.05, 0) is 11.6 Å². The van der Waals surface area contributed by atoms with Crippen molar-refractivity contribution in [2.24, 2.45) is 0 Å². The second-order valence-corrected chi connectivity index (χ2v) is 2.50. The fourth-order valence-corrected chi connectivity index (χ4v) is 0.883. The Hall–Kier alpha value is -1.20. The Morgan fingerprint density at radius 3 is 3.15 bits per heavy atom. The van der Waals surface area contributed by atoms with Gasteiger partial charge in [0, 0.05) is 25.7 Å². The number of halogens is 1. The number of rotatable bonds is 4. The maximum absolute atomic E-state index is 12.4. The Kier molecular flexibility index (Phi) is 3.60. The molecule has 0 aliphatic rings. The topological polar surface area (TPSA) is 54.4 Å². The number of hydrogen-bond donors (Lipinski definition) is 2. The van der Waals surface area contributed by atoms with Gasteiger partial charge in [-0.3, -0.25) is 0 Å². The van der Waals surface area contributed by atoms with E-state index in [0.29, 0.717) is 0 Å². The van der Waals surface area contributed by atoms with Crippen molar-refractivity contribution in [1.82, 2.24) is 10.5 Å². The Morgan fingerprint density at radius 1 is 1.77 bits per heavy atom. The lowest BCUT2D eigenvalue weighted by Crippen LogP contribution is -2.08. The first-order valence-electron chi connectivity index (χ1n) is 3.85. The van der Waals surface area contributed by atoms with Gasteiger partial charge in [0.25, 0.3) is 0 Å². The maximum Gasteiger partial charge on any atom is 0.237 e. The van der Waals surface area contributed by atoms with Crippen LogP contribution in [0.3, 0.4) is 0 Å². The number of hydroxylamine groups is 1. The van der Waals surface area contributed by atoms with E-state index < -0.39 is 6.36 Å². The first-order chi connectivity index (χ1) is 6.22. The van der Waals surface area contributed by atoms with Crippen LogP contribution in [0.4, 0.5) is 4.39 Å². The van der Waals surface area contributed by atoms with Crippen molar-refractivity contribution in [3.63, 3.8) is 0 Å². The van der Waals surface area contributed by atoms with E-state index in [-0.39, 0.29) is 12.4 Å². The maximum atomic E-state index is 12.4. The zero-order valence-corrected chi connectivity index (χ0v) is 7.20. The second kappa shape index (κ2) is 4.74. The van der Waals surface area contributed by atoms with Crippen LogP contribution in [-0.2, 0) is 6.54 Å². The highest BCUT2D eigenvalue weighted by Gasteiger charge is 2.02. The molecule has 0 aliphatic carbocycles. The molecular weight excluding hydrogens is 175 g/mol. The Balaban J connectivity index is 2.67. The standard InChI is InChI=1S/C8H11FN2O2/c1-6(9)13-8-4-7(5-11-12)2-3-10-8/h2-4,6,11-12H,5H2,1H3. The molecule has 13 heavy (non-hydrogen) atoms. The van der Waals surface area contributed by atoms with Crippen LogP contribution < -0.4 is 10.2 Å². The van der Waals surface area contributed by atoms with E-state index in [1.807, 2.05) is 5.48 Å². The fraction of sp³-hybridized carbons (Fsp3) is 0.375. The second-order valence-electron chi connectivity index (χ2n) is 2.50. The van der Waals surface area contributed by atoms with Gasteiger partial charge >= 0.3 is 0 Å². The lowest BCUT2D eigenvalue weighted by Gasteiger charge is -2.06. The van der Waals surface area contributed by atoms with Gasteiger partial charge in [0.15, 0.2) is 0 Å². The van der Waals surface area contributed by atoms with Crippen LogP contribution in [0.5, 0.6) is 5.88 Å². The molecule has 1 rings (SSSR count). The van der Waals surface area contributed by atoms with Gasteiger partial charge in [0.05, 0.1) is 0 Å². The summed E-state index contributed by atoms with van der Waals surface area (Å²) in [7, 11) is 0. The molecule has 1 heterocycles. The number of nitrogens with zero attached hydrogens (tertiary/aromatic N) is 1. The molecule has 5 heteroatoms. The monoisotopic (exact) mass is 186 g/mol. The molecule has 4 nitrogen and oxygen atoms in total. The minimum absolute atomic E-state index is 0.211. The zero-order chi connectivity index (χ0) is 9.68. The first kappa shape index (κ1) is 9.88. The van der Waals surface area contributed by atoms with Gasteiger partial charge < -0.3 is 9.94 Å². The van der Waals surface area contributed by atoms with Crippen LogP contribution in [0.1, 0.15) is 12.5 Å². The third-order valence-corrected chi connectivity index (χ3v) is 1.37. The van der Waals surface area contributed by atoms with E-state index in [2.05, 4.69) is 4.98 Å². The van der Waals surface area contributed by atoms with Crippen LogP contribution in [-0.4, -0.2) is 16.5 Å². The molecule has 1 aromatic rings. The molecule has 1 unspecified atom stereocenters. The van der Waals surface area contributed by atoms with E-state index in [4.69, 9.17) is 9.94 Å². The van der Waals surface area contributed by atoms with Crippen molar-refractivity contribution in [3.8, 4) is 5.88 Å². The Morgan fingerprint density at radius 2 is 2.54 bits per heavy atom. The molecule has 0 saturated heterocycles. The molecule has 2 N–H and O–H groups in total. The third kappa shape index (κ3) is 3.35. The van der Waals surface area contributed by atoms with Crippen LogP contribution in [0.2, 0.25) is 0 Å². The van der Waals surface area contributed by atoms with E-state index in [9.17, 15) is 4.39 Å². The molecule has 0 amide bonds. The number of hydrogen-bond acceptors (Lipinski definition) is 4. The van der Waals surface area contributed by atoms with E-state index in [1.54, 1.807) is 12.1 Å². The van der Waals surface area contributed by atoms with Gasteiger partial charge in [0.2, 0.25) is 12.2 Å². The van der Waals surface area contributed by atoms with Crippen molar-refractivity contribution in [3.05, 3.63) is 23.9 Å². The summed E-state index contributed by atoms with van der Waals surface area (Å²) in [5.74, 6) is 0.211. The average molecular weight is 186 g/mol. The zero-order valence-electron chi connectivity index (χ0n) is 7.20. The quantitative estimate of drug-likeness (QED) is 0.695. The normalized spacial score (nSPS) is 12.5. The minimum atomic E-state index is -1.38. The minimum Gasteiger partial charge on any atom is -0.444 e. The van der Waals surface area contributed by atoms with Crippen LogP contribution >= 0.6 is 0 Å². The van der Waals surface area contributed by atoms with Crippen molar-refractivity contribution < 1.29 is 14.3 Å². The molecule has 0 saturated carbocycles. The highest BCUT2D eigenvalue weighted by atomic mass is 19.1. The van der Waals surface area contributed by atoms with Crippen molar-refractivity contribution in [2.75, 3.05) is 0 Å². The number of alkyl halides is 1. The number of aromatic nitrogens is 1.